The van der Waals surface area contributed by atoms with Crippen molar-refractivity contribution in [3.63, 3.8) is 0 Å². The van der Waals surface area contributed by atoms with Crippen molar-refractivity contribution in [1.82, 2.24) is 9.88 Å². The van der Waals surface area contributed by atoms with Crippen LogP contribution in [0.2, 0.25) is 5.15 Å². The van der Waals surface area contributed by atoms with Gasteiger partial charge in [0.25, 0.3) is 5.91 Å². The molecule has 2 aromatic rings. The molecule has 0 bridgehead atoms. The van der Waals surface area contributed by atoms with Crippen molar-refractivity contribution in [2.45, 2.75) is 51.7 Å². The Morgan fingerprint density at radius 1 is 1.30 bits per heavy atom. The maximum absolute atomic E-state index is 13.2. The van der Waals surface area contributed by atoms with Crippen LogP contribution in [0.25, 0.3) is 0 Å². The quantitative estimate of drug-likeness (QED) is 0.507. The lowest BCUT2D eigenvalue weighted by molar-refractivity contribution is 0.0974. The van der Waals surface area contributed by atoms with Crippen LogP contribution in [0.15, 0.2) is 36.5 Å². The number of fused-ring (bicyclic) bond motifs is 1. The molecule has 7 heteroatoms. The first-order valence-electron chi connectivity index (χ1n) is 10.8. The van der Waals surface area contributed by atoms with E-state index in [0.717, 1.165) is 36.5 Å². The van der Waals surface area contributed by atoms with Crippen molar-refractivity contribution < 1.29 is 9.53 Å². The van der Waals surface area contributed by atoms with Crippen LogP contribution in [0, 0.1) is 0 Å². The Labute approximate surface area is 183 Å². The fraction of sp³-hybridized carbons (Fsp3) is 0.478. The second-order valence-electron chi connectivity index (χ2n) is 8.02. The lowest BCUT2D eigenvalue weighted by Crippen LogP contribution is -2.48. The lowest BCUT2D eigenvalue weighted by atomic mass is 10.1. The SMILES string of the molecule is CCC1Nc2cnc(Cl)cc2C(=O)N1c1ccc(OCCCN2CCC[C@@H]2C)cc1. The molecule has 1 aromatic heterocycles. The number of aromatic nitrogens is 1. The fourth-order valence-electron chi connectivity index (χ4n) is 4.30. The highest BCUT2D eigenvalue weighted by molar-refractivity contribution is 6.30. The number of likely N-dealkylation sites (tertiary alicyclic amines) is 1. The van der Waals surface area contributed by atoms with E-state index in [9.17, 15) is 4.79 Å². The zero-order valence-corrected chi connectivity index (χ0v) is 18.4. The van der Waals surface area contributed by atoms with Gasteiger partial charge in [-0.15, -0.1) is 0 Å². The van der Waals surface area contributed by atoms with Gasteiger partial charge in [-0.05, 0) is 69.5 Å². The van der Waals surface area contributed by atoms with E-state index in [1.54, 1.807) is 17.2 Å². The predicted octanol–water partition coefficient (Wildman–Crippen LogP) is 4.80. The number of carbonyl (C=O) groups excluding carboxylic acids is 1. The summed E-state index contributed by atoms with van der Waals surface area (Å²) in [6.45, 7) is 7.34. The number of rotatable bonds is 7. The number of amides is 1. The Balaban J connectivity index is 1.39. The van der Waals surface area contributed by atoms with Crippen LogP contribution >= 0.6 is 11.6 Å². The summed E-state index contributed by atoms with van der Waals surface area (Å²) in [5.41, 5.74) is 2.09. The van der Waals surface area contributed by atoms with E-state index in [1.165, 1.54) is 19.4 Å². The number of ether oxygens (including phenoxy) is 1. The molecule has 4 rings (SSSR count). The second kappa shape index (κ2) is 9.23. The summed E-state index contributed by atoms with van der Waals surface area (Å²) in [6.07, 6.45) is 5.88. The van der Waals surface area contributed by atoms with E-state index in [-0.39, 0.29) is 12.1 Å². The van der Waals surface area contributed by atoms with Crippen LogP contribution in [0.3, 0.4) is 0 Å². The largest absolute Gasteiger partial charge is 0.494 e. The van der Waals surface area contributed by atoms with Gasteiger partial charge >= 0.3 is 0 Å². The Kier molecular flexibility index (Phi) is 6.44. The molecule has 6 nitrogen and oxygen atoms in total. The highest BCUT2D eigenvalue weighted by Crippen LogP contribution is 2.32. The van der Waals surface area contributed by atoms with Crippen LogP contribution < -0.4 is 15.0 Å². The first-order valence-corrected chi connectivity index (χ1v) is 11.2. The minimum Gasteiger partial charge on any atom is -0.494 e. The summed E-state index contributed by atoms with van der Waals surface area (Å²) >= 11 is 6.01. The first-order chi connectivity index (χ1) is 14.6. The molecular weight excluding hydrogens is 400 g/mol. The molecule has 2 atom stereocenters. The maximum atomic E-state index is 13.2. The Morgan fingerprint density at radius 2 is 2.10 bits per heavy atom. The molecule has 1 aromatic carbocycles. The zero-order chi connectivity index (χ0) is 21.1. The molecule has 3 heterocycles. The summed E-state index contributed by atoms with van der Waals surface area (Å²) in [5.74, 6) is 0.750. The molecule has 1 saturated heterocycles. The molecule has 1 fully saturated rings. The van der Waals surface area contributed by atoms with Gasteiger partial charge < -0.3 is 15.0 Å². The fourth-order valence-corrected chi connectivity index (χ4v) is 4.46. The van der Waals surface area contributed by atoms with Gasteiger partial charge in [0.15, 0.2) is 0 Å². The number of hydrogen-bond acceptors (Lipinski definition) is 5. The summed E-state index contributed by atoms with van der Waals surface area (Å²) in [4.78, 5) is 21.5. The van der Waals surface area contributed by atoms with Crippen LogP contribution in [-0.4, -0.2) is 47.7 Å². The predicted molar refractivity (Wildman–Crippen MR) is 121 cm³/mol. The van der Waals surface area contributed by atoms with E-state index < -0.39 is 0 Å². The lowest BCUT2D eigenvalue weighted by Gasteiger charge is -2.37. The van der Waals surface area contributed by atoms with Gasteiger partial charge in [-0.2, -0.15) is 0 Å². The van der Waals surface area contributed by atoms with Gasteiger partial charge in [0, 0.05) is 18.3 Å². The molecule has 30 heavy (non-hydrogen) atoms. The van der Waals surface area contributed by atoms with E-state index >= 15 is 0 Å². The average Bonchev–Trinajstić information content (AvgIpc) is 3.17. The highest BCUT2D eigenvalue weighted by Gasteiger charge is 2.32. The Morgan fingerprint density at radius 3 is 2.80 bits per heavy atom. The maximum Gasteiger partial charge on any atom is 0.262 e. The third-order valence-electron chi connectivity index (χ3n) is 6.00. The number of hydrogen-bond donors (Lipinski definition) is 1. The van der Waals surface area contributed by atoms with Crippen LogP contribution in [0.5, 0.6) is 5.75 Å². The normalized spacial score (nSPS) is 21.4. The van der Waals surface area contributed by atoms with Crippen molar-refractivity contribution in [2.24, 2.45) is 0 Å². The van der Waals surface area contributed by atoms with Crippen LogP contribution in [-0.2, 0) is 0 Å². The molecule has 2 aliphatic heterocycles. The van der Waals surface area contributed by atoms with E-state index in [2.05, 4.69) is 22.1 Å². The third-order valence-corrected chi connectivity index (χ3v) is 6.21. The molecular formula is C23H29ClN4O2. The topological polar surface area (TPSA) is 57.7 Å². The summed E-state index contributed by atoms with van der Waals surface area (Å²) in [6, 6.07) is 10.1. The number of pyridine rings is 1. The smallest absolute Gasteiger partial charge is 0.262 e. The van der Waals surface area contributed by atoms with Gasteiger partial charge in [0.2, 0.25) is 0 Å². The number of nitrogens with one attached hydrogen (secondary N) is 1. The van der Waals surface area contributed by atoms with Crippen LogP contribution in [0.1, 0.15) is 49.9 Å². The molecule has 1 N–H and O–H groups in total. The molecule has 0 radical (unpaired) electrons. The summed E-state index contributed by atoms with van der Waals surface area (Å²) < 4.78 is 5.92. The molecule has 2 aliphatic rings. The van der Waals surface area contributed by atoms with Crippen LogP contribution in [0.4, 0.5) is 11.4 Å². The number of benzene rings is 1. The average molecular weight is 429 g/mol. The van der Waals surface area contributed by atoms with E-state index in [4.69, 9.17) is 16.3 Å². The second-order valence-corrected chi connectivity index (χ2v) is 8.41. The first kappa shape index (κ1) is 20.9. The minimum absolute atomic E-state index is 0.0756. The number of carbonyl (C=O) groups is 1. The summed E-state index contributed by atoms with van der Waals surface area (Å²) in [5, 5.41) is 3.70. The van der Waals surface area contributed by atoms with Gasteiger partial charge in [0.1, 0.15) is 17.1 Å². The molecule has 1 unspecified atom stereocenters. The molecule has 0 saturated carbocycles. The van der Waals surface area contributed by atoms with Gasteiger partial charge in [-0.25, -0.2) is 4.98 Å². The highest BCUT2D eigenvalue weighted by atomic mass is 35.5. The standard InChI is InChI=1S/C23H29ClN4O2/c1-3-22-26-20-15-25-21(24)14-19(20)23(29)28(22)17-7-9-18(10-8-17)30-13-5-12-27-11-4-6-16(27)2/h7-10,14-16,22,26H,3-6,11-13H2,1-2H3/t16-,22?/m0/s1. The van der Waals surface area contributed by atoms with Gasteiger partial charge in [0.05, 0.1) is 24.1 Å². The Bertz CT molecular complexity index is 889. The van der Waals surface area contributed by atoms with Crippen molar-refractivity contribution >= 4 is 28.9 Å². The van der Waals surface area contributed by atoms with Crippen molar-refractivity contribution in [3.05, 3.63) is 47.2 Å². The zero-order valence-electron chi connectivity index (χ0n) is 17.6. The molecule has 160 valence electrons. The molecule has 0 aliphatic carbocycles. The van der Waals surface area contributed by atoms with Crippen molar-refractivity contribution in [1.29, 1.82) is 0 Å². The van der Waals surface area contributed by atoms with E-state index in [0.29, 0.717) is 23.4 Å². The monoisotopic (exact) mass is 428 g/mol. The molecule has 1 amide bonds. The van der Waals surface area contributed by atoms with E-state index in [1.807, 2.05) is 31.2 Å². The number of halogens is 1. The third kappa shape index (κ3) is 4.40. The van der Waals surface area contributed by atoms with Crippen molar-refractivity contribution in [3.8, 4) is 5.75 Å². The number of anilines is 2. The van der Waals surface area contributed by atoms with Crippen molar-refractivity contribution in [2.75, 3.05) is 29.9 Å². The Hall–Kier alpha value is -2.31. The minimum atomic E-state index is -0.137. The number of nitrogens with zero attached hydrogens (tertiary/aromatic N) is 3. The summed E-state index contributed by atoms with van der Waals surface area (Å²) in [7, 11) is 0. The van der Waals surface area contributed by atoms with Gasteiger partial charge in [-0.3, -0.25) is 9.69 Å². The molecule has 0 spiro atoms. The van der Waals surface area contributed by atoms with Gasteiger partial charge in [-0.1, -0.05) is 18.5 Å².